The Labute approximate surface area is 177 Å². The molecule has 2 aliphatic rings. The van der Waals surface area contributed by atoms with Gasteiger partial charge in [-0.15, -0.1) is 0 Å². The van der Waals surface area contributed by atoms with Gasteiger partial charge in [-0.2, -0.15) is 23.3 Å². The van der Waals surface area contributed by atoms with Crippen LogP contribution in [0.5, 0.6) is 0 Å². The topological polar surface area (TPSA) is 69.0 Å². The normalized spacial score (nSPS) is 24.4. The van der Waals surface area contributed by atoms with Gasteiger partial charge in [0.1, 0.15) is 6.10 Å². The van der Waals surface area contributed by atoms with Gasteiger partial charge in [0.05, 0.1) is 31.0 Å². The van der Waals surface area contributed by atoms with E-state index in [0.717, 1.165) is 16.6 Å². The third kappa shape index (κ3) is 3.84. The number of rotatable bonds is 3. The Morgan fingerprint density at radius 3 is 2.65 bits per heavy atom. The number of morpholine rings is 1. The van der Waals surface area contributed by atoms with Gasteiger partial charge in [-0.05, 0) is 31.9 Å². The summed E-state index contributed by atoms with van der Waals surface area (Å²) in [5.41, 5.74) is 2.96. The Morgan fingerprint density at radius 2 is 1.94 bits per heavy atom. The zero-order valence-corrected chi connectivity index (χ0v) is 17.3. The standard InChI is InChI=1S/C21H23F3N6O/c1-12-3-4-16-18(13-7-15(8-13)21(22,23)24)27-20(28-19(16)26-12)30-5-6-31-17(11-30)14-9-25-29(2)10-14/h3-4,9-10,13,15,17H,5-8,11H2,1-2H3/t13-,15+,17-/m1/s1. The highest BCUT2D eigenvalue weighted by Crippen LogP contribution is 2.50. The Morgan fingerprint density at radius 1 is 1.13 bits per heavy atom. The zero-order chi connectivity index (χ0) is 21.8. The summed E-state index contributed by atoms with van der Waals surface area (Å²) in [6.45, 7) is 3.51. The van der Waals surface area contributed by atoms with Crippen molar-refractivity contribution in [3.63, 3.8) is 0 Å². The van der Waals surface area contributed by atoms with Crippen LogP contribution in [0.3, 0.4) is 0 Å². The molecule has 0 bridgehead atoms. The van der Waals surface area contributed by atoms with Crippen molar-refractivity contribution in [1.29, 1.82) is 0 Å². The van der Waals surface area contributed by atoms with Gasteiger partial charge >= 0.3 is 6.18 Å². The van der Waals surface area contributed by atoms with Gasteiger partial charge in [-0.1, -0.05) is 0 Å². The Bertz CT molecular complexity index is 1110. The summed E-state index contributed by atoms with van der Waals surface area (Å²) >= 11 is 0. The number of halogens is 3. The van der Waals surface area contributed by atoms with Crippen molar-refractivity contribution in [2.45, 2.75) is 38.0 Å². The highest BCUT2D eigenvalue weighted by Gasteiger charge is 2.49. The second kappa shape index (κ2) is 7.44. The second-order valence-electron chi connectivity index (χ2n) is 8.39. The van der Waals surface area contributed by atoms with Gasteiger partial charge in [0.25, 0.3) is 0 Å². The third-order valence-corrected chi connectivity index (χ3v) is 6.15. The van der Waals surface area contributed by atoms with E-state index in [1.807, 2.05) is 37.2 Å². The Balaban J connectivity index is 1.47. The minimum absolute atomic E-state index is 0.0599. The maximum atomic E-state index is 13.1. The van der Waals surface area contributed by atoms with Crippen molar-refractivity contribution in [1.82, 2.24) is 24.7 Å². The van der Waals surface area contributed by atoms with E-state index in [1.165, 1.54) is 0 Å². The van der Waals surface area contributed by atoms with Crippen LogP contribution in [0.2, 0.25) is 0 Å². The minimum atomic E-state index is -4.15. The number of nitrogens with zero attached hydrogens (tertiary/aromatic N) is 6. The lowest BCUT2D eigenvalue weighted by molar-refractivity contribution is -0.197. The summed E-state index contributed by atoms with van der Waals surface area (Å²) < 4.78 is 46.8. The molecule has 0 aromatic carbocycles. The Hall–Kier alpha value is -2.75. The monoisotopic (exact) mass is 432 g/mol. The number of alkyl halides is 3. The number of hydrogen-bond donors (Lipinski definition) is 0. The highest BCUT2D eigenvalue weighted by molar-refractivity contribution is 5.79. The van der Waals surface area contributed by atoms with Crippen molar-refractivity contribution in [3.05, 3.63) is 41.5 Å². The molecule has 4 heterocycles. The molecule has 164 valence electrons. The molecule has 0 radical (unpaired) electrons. The maximum absolute atomic E-state index is 13.1. The molecule has 0 N–H and O–H groups in total. The molecule has 2 fully saturated rings. The fourth-order valence-corrected chi connectivity index (χ4v) is 4.32. The van der Waals surface area contributed by atoms with Gasteiger partial charge in [0.2, 0.25) is 5.95 Å². The lowest BCUT2D eigenvalue weighted by atomic mass is 9.72. The molecule has 31 heavy (non-hydrogen) atoms. The molecule has 1 atom stereocenters. The van der Waals surface area contributed by atoms with Gasteiger partial charge in [0.15, 0.2) is 5.65 Å². The van der Waals surface area contributed by atoms with Crippen LogP contribution < -0.4 is 4.90 Å². The van der Waals surface area contributed by atoms with E-state index in [9.17, 15) is 13.2 Å². The van der Waals surface area contributed by atoms with E-state index in [1.54, 1.807) is 10.9 Å². The van der Waals surface area contributed by atoms with E-state index in [0.29, 0.717) is 37.0 Å². The first-order chi connectivity index (χ1) is 14.8. The Kier molecular flexibility index (Phi) is 4.84. The van der Waals surface area contributed by atoms with Crippen LogP contribution in [-0.2, 0) is 11.8 Å². The van der Waals surface area contributed by atoms with E-state index >= 15 is 0 Å². The molecule has 1 saturated heterocycles. The van der Waals surface area contributed by atoms with Gasteiger partial charge in [-0.25, -0.2) is 9.97 Å². The first-order valence-corrected chi connectivity index (χ1v) is 10.3. The number of anilines is 1. The number of aromatic nitrogens is 5. The number of fused-ring (bicyclic) bond motifs is 1. The van der Waals surface area contributed by atoms with Crippen LogP contribution in [0.15, 0.2) is 24.5 Å². The van der Waals surface area contributed by atoms with Crippen LogP contribution in [-0.4, -0.2) is 50.6 Å². The molecule has 0 amide bonds. The summed E-state index contributed by atoms with van der Waals surface area (Å²) in [5.74, 6) is -1.01. The number of aryl methyl sites for hydroxylation is 2. The average Bonchev–Trinajstić information content (AvgIpc) is 3.12. The van der Waals surface area contributed by atoms with Gasteiger partial charge < -0.3 is 9.64 Å². The van der Waals surface area contributed by atoms with Crippen molar-refractivity contribution in [3.8, 4) is 0 Å². The quantitative estimate of drug-likeness (QED) is 0.629. The summed E-state index contributed by atoms with van der Waals surface area (Å²) in [6.07, 6.45) is -0.518. The smallest absolute Gasteiger partial charge is 0.370 e. The molecular formula is C21H23F3N6O. The van der Waals surface area contributed by atoms with Gasteiger partial charge in [0, 0.05) is 42.4 Å². The predicted octanol–water partition coefficient (Wildman–Crippen LogP) is 3.70. The van der Waals surface area contributed by atoms with Crippen LogP contribution in [0.4, 0.5) is 19.1 Å². The van der Waals surface area contributed by atoms with Gasteiger partial charge in [-0.3, -0.25) is 4.68 Å². The molecule has 1 aliphatic heterocycles. The SMILES string of the molecule is Cc1ccc2c(n1)nc(N1CCO[C@@H](c3cnn(C)c3)C1)nc2[C@H]1C[C@@H](C(F)(F)F)C1. The molecule has 1 saturated carbocycles. The number of pyridine rings is 1. The van der Waals surface area contributed by atoms with Crippen molar-refractivity contribution >= 4 is 17.0 Å². The third-order valence-electron chi connectivity index (χ3n) is 6.15. The zero-order valence-electron chi connectivity index (χ0n) is 17.3. The summed E-state index contributed by atoms with van der Waals surface area (Å²) in [7, 11) is 1.85. The minimum Gasteiger partial charge on any atom is -0.370 e. The first kappa shape index (κ1) is 20.2. The summed E-state index contributed by atoms with van der Waals surface area (Å²) in [4.78, 5) is 16.0. The maximum Gasteiger partial charge on any atom is 0.391 e. The molecule has 5 rings (SSSR count). The van der Waals surface area contributed by atoms with E-state index < -0.39 is 12.1 Å². The largest absolute Gasteiger partial charge is 0.391 e. The molecule has 3 aromatic rings. The molecule has 0 spiro atoms. The molecule has 10 heteroatoms. The summed E-state index contributed by atoms with van der Waals surface area (Å²) in [5, 5.41) is 4.94. The van der Waals surface area contributed by atoms with Crippen LogP contribution in [0.1, 0.15) is 41.8 Å². The van der Waals surface area contributed by atoms with E-state index in [2.05, 4.69) is 15.1 Å². The second-order valence-corrected chi connectivity index (χ2v) is 8.39. The lowest BCUT2D eigenvalue weighted by Gasteiger charge is -2.37. The fourth-order valence-electron chi connectivity index (χ4n) is 4.32. The van der Waals surface area contributed by atoms with Crippen LogP contribution in [0, 0.1) is 12.8 Å². The first-order valence-electron chi connectivity index (χ1n) is 10.3. The van der Waals surface area contributed by atoms with E-state index in [4.69, 9.17) is 9.72 Å². The van der Waals surface area contributed by atoms with Crippen molar-refractivity contribution < 1.29 is 17.9 Å². The van der Waals surface area contributed by atoms with Crippen LogP contribution >= 0.6 is 0 Å². The molecule has 1 aliphatic carbocycles. The molecular weight excluding hydrogens is 409 g/mol. The van der Waals surface area contributed by atoms with Crippen molar-refractivity contribution in [2.75, 3.05) is 24.6 Å². The van der Waals surface area contributed by atoms with E-state index in [-0.39, 0.29) is 24.9 Å². The summed E-state index contributed by atoms with van der Waals surface area (Å²) in [6, 6.07) is 3.72. The number of hydrogen-bond acceptors (Lipinski definition) is 6. The predicted molar refractivity (Wildman–Crippen MR) is 108 cm³/mol. The van der Waals surface area contributed by atoms with Crippen molar-refractivity contribution in [2.24, 2.45) is 13.0 Å². The molecule has 3 aromatic heterocycles. The lowest BCUT2D eigenvalue weighted by Crippen LogP contribution is -2.40. The molecule has 0 unspecified atom stereocenters. The number of ether oxygens (including phenoxy) is 1. The fraction of sp³-hybridized carbons (Fsp3) is 0.524. The van der Waals surface area contributed by atoms with Crippen LogP contribution in [0.25, 0.3) is 11.0 Å². The average molecular weight is 432 g/mol. The molecule has 7 nitrogen and oxygen atoms in total. The highest BCUT2D eigenvalue weighted by atomic mass is 19.4.